The quantitative estimate of drug-likeness (QED) is 0.847. The standard InChI is InChI=1S/C19H23N/c1-14(2)19(16-9-4-3-5-10-16)20-18-13-12-15-8-6-7-11-17(15)18/h3-11,14,18-20H,12-13H2,1-2H3. The van der Waals surface area contributed by atoms with E-state index in [0.717, 1.165) is 0 Å². The average Bonchev–Trinajstić information content (AvgIpc) is 2.88. The van der Waals surface area contributed by atoms with Gasteiger partial charge in [0.25, 0.3) is 0 Å². The zero-order chi connectivity index (χ0) is 13.9. The predicted octanol–water partition coefficient (Wildman–Crippen LogP) is 4.66. The molecular weight excluding hydrogens is 242 g/mol. The topological polar surface area (TPSA) is 12.0 Å². The first-order valence-electron chi connectivity index (χ1n) is 7.64. The van der Waals surface area contributed by atoms with Crippen molar-refractivity contribution in [3.8, 4) is 0 Å². The van der Waals surface area contributed by atoms with E-state index < -0.39 is 0 Å². The van der Waals surface area contributed by atoms with Crippen LogP contribution in [0.1, 0.15) is 49.0 Å². The molecule has 0 amide bonds. The van der Waals surface area contributed by atoms with Crippen molar-refractivity contribution >= 4 is 0 Å². The van der Waals surface area contributed by atoms with Crippen LogP contribution in [0.15, 0.2) is 54.6 Å². The summed E-state index contributed by atoms with van der Waals surface area (Å²) in [5, 5.41) is 3.89. The maximum atomic E-state index is 3.89. The number of hydrogen-bond acceptors (Lipinski definition) is 1. The van der Waals surface area contributed by atoms with Gasteiger partial charge in [-0.15, -0.1) is 0 Å². The predicted molar refractivity (Wildman–Crippen MR) is 84.7 cm³/mol. The summed E-state index contributed by atoms with van der Waals surface area (Å²) < 4.78 is 0. The molecule has 3 rings (SSSR count). The number of hydrogen-bond donors (Lipinski definition) is 1. The summed E-state index contributed by atoms with van der Waals surface area (Å²) in [5.74, 6) is 0.588. The molecule has 1 aliphatic rings. The van der Waals surface area contributed by atoms with Crippen molar-refractivity contribution in [3.63, 3.8) is 0 Å². The number of benzene rings is 2. The summed E-state index contributed by atoms with van der Waals surface area (Å²) in [5.41, 5.74) is 4.40. The Morgan fingerprint density at radius 2 is 1.65 bits per heavy atom. The molecular formula is C19H23N. The minimum Gasteiger partial charge on any atom is -0.303 e. The van der Waals surface area contributed by atoms with Gasteiger partial charge in [-0.3, -0.25) is 0 Å². The van der Waals surface area contributed by atoms with E-state index in [1.54, 1.807) is 0 Å². The highest BCUT2D eigenvalue weighted by molar-refractivity contribution is 5.35. The highest BCUT2D eigenvalue weighted by Crippen LogP contribution is 2.34. The first kappa shape index (κ1) is 13.4. The van der Waals surface area contributed by atoms with Crippen LogP contribution in [-0.4, -0.2) is 0 Å². The minimum atomic E-state index is 0.423. The van der Waals surface area contributed by atoms with Crippen LogP contribution < -0.4 is 5.32 Å². The van der Waals surface area contributed by atoms with Gasteiger partial charge in [0, 0.05) is 12.1 Å². The second kappa shape index (κ2) is 5.80. The van der Waals surface area contributed by atoms with Gasteiger partial charge in [-0.25, -0.2) is 0 Å². The molecule has 104 valence electrons. The van der Waals surface area contributed by atoms with Crippen LogP contribution >= 0.6 is 0 Å². The molecule has 0 spiro atoms. The SMILES string of the molecule is CC(C)C(NC1CCc2ccccc21)c1ccccc1. The van der Waals surface area contributed by atoms with Crippen LogP contribution in [0.4, 0.5) is 0 Å². The van der Waals surface area contributed by atoms with Gasteiger partial charge in [0.2, 0.25) is 0 Å². The molecule has 0 heterocycles. The average molecular weight is 265 g/mol. The summed E-state index contributed by atoms with van der Waals surface area (Å²) in [7, 11) is 0. The molecule has 1 heteroatoms. The fraction of sp³-hybridized carbons (Fsp3) is 0.368. The molecule has 0 aromatic heterocycles. The Bertz CT molecular complexity index is 559. The fourth-order valence-electron chi connectivity index (χ4n) is 3.28. The zero-order valence-electron chi connectivity index (χ0n) is 12.3. The van der Waals surface area contributed by atoms with Crippen molar-refractivity contribution in [2.75, 3.05) is 0 Å². The van der Waals surface area contributed by atoms with Gasteiger partial charge in [0.1, 0.15) is 0 Å². The maximum absolute atomic E-state index is 3.89. The molecule has 0 fully saturated rings. The zero-order valence-corrected chi connectivity index (χ0v) is 12.3. The Hall–Kier alpha value is -1.60. The molecule has 0 aliphatic heterocycles. The molecule has 0 radical (unpaired) electrons. The second-order valence-corrected chi connectivity index (χ2v) is 6.09. The highest BCUT2D eigenvalue weighted by Gasteiger charge is 2.26. The van der Waals surface area contributed by atoms with Crippen molar-refractivity contribution in [2.24, 2.45) is 5.92 Å². The van der Waals surface area contributed by atoms with Crippen LogP contribution in [0, 0.1) is 5.92 Å². The van der Waals surface area contributed by atoms with Gasteiger partial charge in [-0.1, -0.05) is 68.4 Å². The molecule has 20 heavy (non-hydrogen) atoms. The summed E-state index contributed by atoms with van der Waals surface area (Å²) >= 11 is 0. The van der Waals surface area contributed by atoms with E-state index in [1.807, 2.05) is 0 Å². The Kier molecular flexibility index (Phi) is 3.88. The van der Waals surface area contributed by atoms with E-state index in [2.05, 4.69) is 73.8 Å². The van der Waals surface area contributed by atoms with Gasteiger partial charge in [0.05, 0.1) is 0 Å². The fourth-order valence-corrected chi connectivity index (χ4v) is 3.28. The van der Waals surface area contributed by atoms with E-state index in [1.165, 1.54) is 29.5 Å². The third-order valence-electron chi connectivity index (χ3n) is 4.34. The largest absolute Gasteiger partial charge is 0.303 e. The highest BCUT2D eigenvalue weighted by atomic mass is 15.0. The van der Waals surface area contributed by atoms with Crippen molar-refractivity contribution in [2.45, 2.75) is 38.8 Å². The van der Waals surface area contributed by atoms with Crippen LogP contribution in [0.2, 0.25) is 0 Å². The second-order valence-electron chi connectivity index (χ2n) is 6.09. The molecule has 0 saturated heterocycles. The van der Waals surface area contributed by atoms with E-state index in [9.17, 15) is 0 Å². The Morgan fingerprint density at radius 1 is 0.950 bits per heavy atom. The van der Waals surface area contributed by atoms with Gasteiger partial charge in [-0.05, 0) is 35.4 Å². The molecule has 2 unspecified atom stereocenters. The van der Waals surface area contributed by atoms with Crippen molar-refractivity contribution in [1.82, 2.24) is 5.32 Å². The first-order chi connectivity index (χ1) is 9.75. The lowest BCUT2D eigenvalue weighted by Gasteiger charge is -2.27. The van der Waals surface area contributed by atoms with Gasteiger partial charge >= 0.3 is 0 Å². The van der Waals surface area contributed by atoms with Crippen molar-refractivity contribution in [1.29, 1.82) is 0 Å². The number of aryl methyl sites for hydroxylation is 1. The molecule has 1 N–H and O–H groups in total. The van der Waals surface area contributed by atoms with Crippen LogP contribution in [-0.2, 0) is 6.42 Å². The van der Waals surface area contributed by atoms with Crippen molar-refractivity contribution in [3.05, 3.63) is 71.3 Å². The van der Waals surface area contributed by atoms with Crippen LogP contribution in [0.3, 0.4) is 0 Å². The lowest BCUT2D eigenvalue weighted by atomic mass is 9.94. The Morgan fingerprint density at radius 3 is 2.40 bits per heavy atom. The number of rotatable bonds is 4. The monoisotopic (exact) mass is 265 g/mol. The molecule has 2 aromatic carbocycles. The molecule has 2 aromatic rings. The molecule has 2 atom stereocenters. The molecule has 0 saturated carbocycles. The summed E-state index contributed by atoms with van der Waals surface area (Å²) in [6, 6.07) is 20.6. The lowest BCUT2D eigenvalue weighted by Crippen LogP contribution is -2.28. The van der Waals surface area contributed by atoms with E-state index >= 15 is 0 Å². The smallest absolute Gasteiger partial charge is 0.0348 e. The lowest BCUT2D eigenvalue weighted by molar-refractivity contribution is 0.361. The summed E-state index contributed by atoms with van der Waals surface area (Å²) in [6.45, 7) is 4.59. The molecule has 0 bridgehead atoms. The van der Waals surface area contributed by atoms with Crippen LogP contribution in [0.5, 0.6) is 0 Å². The van der Waals surface area contributed by atoms with E-state index in [0.29, 0.717) is 18.0 Å². The third kappa shape index (κ3) is 2.64. The Balaban J connectivity index is 1.82. The molecule has 1 nitrogen and oxygen atoms in total. The first-order valence-corrected chi connectivity index (χ1v) is 7.64. The number of fused-ring (bicyclic) bond motifs is 1. The van der Waals surface area contributed by atoms with Crippen molar-refractivity contribution < 1.29 is 0 Å². The van der Waals surface area contributed by atoms with Gasteiger partial charge in [-0.2, -0.15) is 0 Å². The number of nitrogens with one attached hydrogen (secondary N) is 1. The minimum absolute atomic E-state index is 0.423. The van der Waals surface area contributed by atoms with E-state index in [4.69, 9.17) is 0 Å². The maximum Gasteiger partial charge on any atom is 0.0348 e. The van der Waals surface area contributed by atoms with E-state index in [-0.39, 0.29) is 0 Å². The Labute approximate surface area is 122 Å². The third-order valence-corrected chi connectivity index (χ3v) is 4.34. The normalized spacial score (nSPS) is 19.1. The summed E-state index contributed by atoms with van der Waals surface area (Å²) in [4.78, 5) is 0. The summed E-state index contributed by atoms with van der Waals surface area (Å²) in [6.07, 6.45) is 2.42. The van der Waals surface area contributed by atoms with Gasteiger partial charge in [0.15, 0.2) is 0 Å². The van der Waals surface area contributed by atoms with Crippen LogP contribution in [0.25, 0.3) is 0 Å². The van der Waals surface area contributed by atoms with Gasteiger partial charge < -0.3 is 5.32 Å². The molecule has 1 aliphatic carbocycles.